The molecule has 0 saturated carbocycles. The van der Waals surface area contributed by atoms with Crippen molar-refractivity contribution < 1.29 is 13.2 Å². The van der Waals surface area contributed by atoms with Crippen molar-refractivity contribution in [3.05, 3.63) is 94.0 Å². The number of nitrogens with zero attached hydrogens (tertiary/aromatic N) is 1. The summed E-state index contributed by atoms with van der Waals surface area (Å²) in [5, 5.41) is 3.38. The van der Waals surface area contributed by atoms with Crippen LogP contribution in [0.25, 0.3) is 0 Å². The monoisotopic (exact) mass is 470 g/mol. The summed E-state index contributed by atoms with van der Waals surface area (Å²) in [5.41, 5.74) is 4.41. The minimum atomic E-state index is -3.99. The predicted molar refractivity (Wildman–Crippen MR) is 130 cm³/mol. The van der Waals surface area contributed by atoms with Crippen LogP contribution in [0.15, 0.2) is 71.6 Å². The van der Waals surface area contributed by atoms with Crippen LogP contribution >= 0.6 is 11.6 Å². The number of sulfonamides is 1. The van der Waals surface area contributed by atoms with E-state index in [1.165, 1.54) is 24.3 Å². The van der Waals surface area contributed by atoms with Crippen molar-refractivity contribution >= 4 is 33.2 Å². The summed E-state index contributed by atoms with van der Waals surface area (Å²) in [6.45, 7) is 7.37. The molecule has 168 valence electrons. The number of benzene rings is 3. The van der Waals surface area contributed by atoms with Crippen LogP contribution in [0, 0.1) is 20.8 Å². The number of aryl methyl sites for hydroxylation is 3. The number of anilines is 1. The summed E-state index contributed by atoms with van der Waals surface area (Å²) < 4.78 is 28.1. The highest BCUT2D eigenvalue weighted by Crippen LogP contribution is 2.27. The van der Waals surface area contributed by atoms with Gasteiger partial charge in [-0.3, -0.25) is 9.10 Å². The minimum absolute atomic E-state index is 0.0698. The molecule has 1 unspecified atom stereocenters. The Morgan fingerprint density at radius 3 is 2.25 bits per heavy atom. The molecule has 0 aromatic heterocycles. The number of hydrogen-bond acceptors (Lipinski definition) is 3. The van der Waals surface area contributed by atoms with E-state index in [0.717, 1.165) is 26.6 Å². The average molecular weight is 471 g/mol. The highest BCUT2D eigenvalue weighted by molar-refractivity contribution is 7.92. The minimum Gasteiger partial charge on any atom is -0.348 e. The first kappa shape index (κ1) is 23.8. The molecular formula is C25H27ClN2O3S. The molecule has 0 spiro atoms. The topological polar surface area (TPSA) is 66.5 Å². The van der Waals surface area contributed by atoms with Crippen LogP contribution in [0.4, 0.5) is 5.69 Å². The lowest BCUT2D eigenvalue weighted by Gasteiger charge is -2.26. The van der Waals surface area contributed by atoms with Crippen LogP contribution in [-0.4, -0.2) is 20.9 Å². The summed E-state index contributed by atoms with van der Waals surface area (Å²) in [6.07, 6.45) is 0. The van der Waals surface area contributed by atoms with Crippen LogP contribution < -0.4 is 9.62 Å². The Balaban J connectivity index is 1.91. The Kier molecular flexibility index (Phi) is 7.26. The quantitative estimate of drug-likeness (QED) is 0.507. The van der Waals surface area contributed by atoms with Crippen molar-refractivity contribution in [3.63, 3.8) is 0 Å². The van der Waals surface area contributed by atoms with Gasteiger partial charge in [0.1, 0.15) is 6.54 Å². The first-order valence-electron chi connectivity index (χ1n) is 10.3. The number of nitrogens with one attached hydrogen (secondary N) is 1. The molecule has 3 aromatic carbocycles. The zero-order chi connectivity index (χ0) is 23.5. The van der Waals surface area contributed by atoms with E-state index >= 15 is 0 Å². The maximum Gasteiger partial charge on any atom is 0.264 e. The second-order valence-corrected chi connectivity index (χ2v) is 10.2. The van der Waals surface area contributed by atoms with Gasteiger partial charge in [-0.25, -0.2) is 8.42 Å². The van der Waals surface area contributed by atoms with Gasteiger partial charge in [-0.2, -0.15) is 0 Å². The van der Waals surface area contributed by atoms with Crippen LogP contribution in [0.2, 0.25) is 5.02 Å². The molecule has 0 saturated heterocycles. The number of carbonyl (C=O) groups excluding carboxylic acids is 1. The predicted octanol–water partition coefficient (Wildman–Crippen LogP) is 5.34. The summed E-state index contributed by atoms with van der Waals surface area (Å²) in [5.74, 6) is -0.390. The molecule has 0 aliphatic carbocycles. The second-order valence-electron chi connectivity index (χ2n) is 7.90. The highest BCUT2D eigenvalue weighted by Gasteiger charge is 2.28. The molecule has 0 heterocycles. The average Bonchev–Trinajstić information content (AvgIpc) is 2.72. The Morgan fingerprint density at radius 2 is 1.62 bits per heavy atom. The smallest absolute Gasteiger partial charge is 0.264 e. The fraction of sp³-hybridized carbons (Fsp3) is 0.240. The zero-order valence-electron chi connectivity index (χ0n) is 18.6. The Bertz CT molecular complexity index is 1220. The number of carbonyl (C=O) groups is 1. The maximum absolute atomic E-state index is 13.5. The summed E-state index contributed by atoms with van der Waals surface area (Å²) >= 11 is 5.93. The SMILES string of the molecule is Cc1ccc(C(C)NC(=O)CN(c2ccccc2C)S(=O)(=O)c2ccc(Cl)cc2)c(C)c1. The molecule has 0 aliphatic heterocycles. The van der Waals surface area contributed by atoms with E-state index in [1.54, 1.807) is 12.1 Å². The van der Waals surface area contributed by atoms with Gasteiger partial charge in [-0.05, 0) is 74.7 Å². The first-order chi connectivity index (χ1) is 15.1. The molecule has 1 amide bonds. The maximum atomic E-state index is 13.5. The van der Waals surface area contributed by atoms with E-state index < -0.39 is 15.9 Å². The van der Waals surface area contributed by atoms with Crippen molar-refractivity contribution in [1.82, 2.24) is 5.32 Å². The third kappa shape index (κ3) is 5.31. The van der Waals surface area contributed by atoms with E-state index in [-0.39, 0.29) is 17.5 Å². The summed E-state index contributed by atoms with van der Waals surface area (Å²) in [7, 11) is -3.99. The normalized spacial score (nSPS) is 12.3. The molecule has 3 aromatic rings. The number of para-hydroxylation sites is 1. The second kappa shape index (κ2) is 9.76. The summed E-state index contributed by atoms with van der Waals surface area (Å²) in [4.78, 5) is 13.1. The number of rotatable bonds is 7. The molecule has 1 atom stereocenters. The van der Waals surface area contributed by atoms with E-state index in [4.69, 9.17) is 11.6 Å². The van der Waals surface area contributed by atoms with Crippen LogP contribution in [-0.2, 0) is 14.8 Å². The van der Waals surface area contributed by atoms with E-state index in [1.807, 2.05) is 52.0 Å². The molecule has 7 heteroatoms. The van der Waals surface area contributed by atoms with E-state index in [2.05, 4.69) is 11.4 Å². The number of hydrogen-bond donors (Lipinski definition) is 1. The number of amides is 1. The van der Waals surface area contributed by atoms with Gasteiger partial charge in [-0.15, -0.1) is 0 Å². The van der Waals surface area contributed by atoms with Crippen molar-refractivity contribution in [3.8, 4) is 0 Å². The van der Waals surface area contributed by atoms with E-state index in [9.17, 15) is 13.2 Å². The zero-order valence-corrected chi connectivity index (χ0v) is 20.2. The van der Waals surface area contributed by atoms with Crippen molar-refractivity contribution in [2.24, 2.45) is 0 Å². The Hall–Kier alpha value is -2.83. The highest BCUT2D eigenvalue weighted by atomic mass is 35.5. The molecule has 0 radical (unpaired) electrons. The van der Waals surface area contributed by atoms with Gasteiger partial charge < -0.3 is 5.32 Å². The van der Waals surface area contributed by atoms with Crippen LogP contribution in [0.5, 0.6) is 0 Å². The van der Waals surface area contributed by atoms with Crippen molar-refractivity contribution in [2.75, 3.05) is 10.8 Å². The van der Waals surface area contributed by atoms with Gasteiger partial charge in [0.25, 0.3) is 10.0 Å². The van der Waals surface area contributed by atoms with Gasteiger partial charge in [0.05, 0.1) is 16.6 Å². The third-order valence-corrected chi connectivity index (χ3v) is 7.37. The third-order valence-electron chi connectivity index (χ3n) is 5.34. The van der Waals surface area contributed by atoms with Gasteiger partial charge in [-0.1, -0.05) is 53.6 Å². The fourth-order valence-corrected chi connectivity index (χ4v) is 5.29. The molecule has 0 bridgehead atoms. The van der Waals surface area contributed by atoms with Gasteiger partial charge >= 0.3 is 0 Å². The molecule has 5 nitrogen and oxygen atoms in total. The summed E-state index contributed by atoms with van der Waals surface area (Å²) in [6, 6.07) is 18.8. The fourth-order valence-electron chi connectivity index (χ4n) is 3.68. The molecular weight excluding hydrogens is 444 g/mol. The number of halogens is 1. The van der Waals surface area contributed by atoms with Crippen molar-refractivity contribution in [1.29, 1.82) is 0 Å². The lowest BCUT2D eigenvalue weighted by atomic mass is 10.0. The molecule has 1 N–H and O–H groups in total. The van der Waals surface area contributed by atoms with Gasteiger partial charge in [0.15, 0.2) is 0 Å². The van der Waals surface area contributed by atoms with Crippen LogP contribution in [0.1, 0.15) is 35.2 Å². The molecule has 0 aliphatic rings. The lowest BCUT2D eigenvalue weighted by Crippen LogP contribution is -2.42. The Labute approximate surface area is 195 Å². The molecule has 3 rings (SSSR count). The van der Waals surface area contributed by atoms with E-state index in [0.29, 0.717) is 10.7 Å². The Morgan fingerprint density at radius 1 is 0.969 bits per heavy atom. The molecule has 32 heavy (non-hydrogen) atoms. The molecule has 0 fully saturated rings. The first-order valence-corrected chi connectivity index (χ1v) is 12.1. The lowest BCUT2D eigenvalue weighted by molar-refractivity contribution is -0.120. The van der Waals surface area contributed by atoms with Crippen LogP contribution in [0.3, 0.4) is 0 Å². The standard InChI is InChI=1S/C25H27ClN2O3S/c1-17-9-14-23(19(3)15-17)20(4)27-25(29)16-28(24-8-6-5-7-18(24)2)32(30,31)22-12-10-21(26)11-13-22/h5-15,20H,16H2,1-4H3,(H,27,29). The van der Waals surface area contributed by atoms with Gasteiger partial charge in [0, 0.05) is 5.02 Å². The van der Waals surface area contributed by atoms with Gasteiger partial charge in [0.2, 0.25) is 5.91 Å². The van der Waals surface area contributed by atoms with Crippen molar-refractivity contribution in [2.45, 2.75) is 38.6 Å². The largest absolute Gasteiger partial charge is 0.348 e.